The largest absolute Gasteiger partial charge is 0.373 e. The second kappa shape index (κ2) is 5.42. The minimum absolute atomic E-state index is 0.121. The molecule has 0 radical (unpaired) electrons. The van der Waals surface area contributed by atoms with Crippen molar-refractivity contribution in [2.45, 2.75) is 32.2 Å². The highest BCUT2D eigenvalue weighted by molar-refractivity contribution is 5.86. The van der Waals surface area contributed by atoms with E-state index in [1.807, 2.05) is 34.0 Å². The maximum atomic E-state index is 11.9. The molecule has 1 aromatic heterocycles. The Labute approximate surface area is 113 Å². The summed E-state index contributed by atoms with van der Waals surface area (Å²) < 4.78 is 0. The van der Waals surface area contributed by atoms with Gasteiger partial charge < -0.3 is 15.5 Å². The van der Waals surface area contributed by atoms with Gasteiger partial charge in [0.05, 0.1) is 0 Å². The summed E-state index contributed by atoms with van der Waals surface area (Å²) in [7, 11) is 3.65. The lowest BCUT2D eigenvalue weighted by molar-refractivity contribution is -0.127. The number of carbonyl (C=O) groups excluding carboxylic acids is 1. The van der Waals surface area contributed by atoms with Gasteiger partial charge in [0, 0.05) is 32.6 Å². The van der Waals surface area contributed by atoms with Gasteiger partial charge in [-0.15, -0.1) is 0 Å². The molecule has 1 aromatic rings. The lowest BCUT2D eigenvalue weighted by Gasteiger charge is -2.15. The molecular formula is C13H21N5O. The van der Waals surface area contributed by atoms with E-state index in [0.29, 0.717) is 5.82 Å². The van der Waals surface area contributed by atoms with E-state index >= 15 is 0 Å². The monoisotopic (exact) mass is 263 g/mol. The number of rotatable bonds is 4. The molecule has 19 heavy (non-hydrogen) atoms. The van der Waals surface area contributed by atoms with E-state index in [9.17, 15) is 4.79 Å². The number of nitrogens with one attached hydrogen (secondary N) is 2. The van der Waals surface area contributed by atoms with Crippen molar-refractivity contribution in [3.8, 4) is 0 Å². The normalized spacial score (nSPS) is 19.1. The molecule has 104 valence electrons. The molecule has 0 aliphatic carbocycles. The van der Waals surface area contributed by atoms with Gasteiger partial charge >= 0.3 is 0 Å². The number of carbonyl (C=O) groups is 1. The molecule has 1 fully saturated rings. The minimum atomic E-state index is -0.176. The summed E-state index contributed by atoms with van der Waals surface area (Å²) in [5, 5.41) is 6.23. The van der Waals surface area contributed by atoms with Crippen molar-refractivity contribution in [1.82, 2.24) is 14.9 Å². The molecule has 2 heterocycles. The molecule has 1 aliphatic rings. The van der Waals surface area contributed by atoms with E-state index < -0.39 is 0 Å². The second-order valence-corrected chi connectivity index (χ2v) is 5.15. The third-order valence-electron chi connectivity index (χ3n) is 3.27. The first kappa shape index (κ1) is 13.6. The van der Waals surface area contributed by atoms with Crippen LogP contribution in [-0.4, -0.2) is 47.5 Å². The second-order valence-electron chi connectivity index (χ2n) is 5.15. The summed E-state index contributed by atoms with van der Waals surface area (Å²) in [6.45, 7) is 4.89. The van der Waals surface area contributed by atoms with Crippen LogP contribution in [0.5, 0.6) is 0 Å². The summed E-state index contributed by atoms with van der Waals surface area (Å²) in [4.78, 5) is 22.5. The number of anilines is 2. The molecule has 1 amide bonds. The van der Waals surface area contributed by atoms with E-state index in [2.05, 4.69) is 20.6 Å². The van der Waals surface area contributed by atoms with Crippen LogP contribution in [0.1, 0.15) is 32.0 Å². The summed E-state index contributed by atoms with van der Waals surface area (Å²) in [5.74, 6) is 2.61. The summed E-state index contributed by atoms with van der Waals surface area (Å²) in [5.41, 5.74) is 0. The van der Waals surface area contributed by atoms with E-state index in [0.717, 1.165) is 24.6 Å². The van der Waals surface area contributed by atoms with Crippen LogP contribution >= 0.6 is 0 Å². The fourth-order valence-corrected chi connectivity index (χ4v) is 2.06. The number of aromatic nitrogens is 2. The Hall–Kier alpha value is -1.85. The van der Waals surface area contributed by atoms with Gasteiger partial charge in [-0.25, -0.2) is 9.97 Å². The zero-order valence-electron chi connectivity index (χ0n) is 11.9. The lowest BCUT2D eigenvalue weighted by Crippen LogP contribution is -2.31. The Morgan fingerprint density at radius 3 is 2.58 bits per heavy atom. The van der Waals surface area contributed by atoms with Crippen molar-refractivity contribution in [3.05, 3.63) is 11.9 Å². The minimum Gasteiger partial charge on any atom is -0.373 e. The highest BCUT2D eigenvalue weighted by Crippen LogP contribution is 2.19. The van der Waals surface area contributed by atoms with Crippen LogP contribution in [0.2, 0.25) is 0 Å². The van der Waals surface area contributed by atoms with Crippen molar-refractivity contribution < 1.29 is 4.79 Å². The zero-order valence-corrected chi connectivity index (χ0v) is 11.9. The molecule has 1 aliphatic heterocycles. The highest BCUT2D eigenvalue weighted by Gasteiger charge is 2.29. The van der Waals surface area contributed by atoms with Gasteiger partial charge in [0.2, 0.25) is 5.91 Å². The Balaban J connectivity index is 2.20. The highest BCUT2D eigenvalue weighted by atomic mass is 16.2. The molecule has 0 saturated carbocycles. The Morgan fingerprint density at radius 2 is 2.05 bits per heavy atom. The smallest absolute Gasteiger partial charge is 0.244 e. The maximum absolute atomic E-state index is 11.9. The van der Waals surface area contributed by atoms with E-state index in [1.165, 1.54) is 0 Å². The van der Waals surface area contributed by atoms with Crippen molar-refractivity contribution in [2.24, 2.45) is 0 Å². The van der Waals surface area contributed by atoms with Gasteiger partial charge in [0.25, 0.3) is 0 Å². The molecule has 6 nitrogen and oxygen atoms in total. The van der Waals surface area contributed by atoms with Gasteiger partial charge in [0.15, 0.2) is 0 Å². The lowest BCUT2D eigenvalue weighted by atomic mass is 10.2. The van der Waals surface area contributed by atoms with Crippen LogP contribution < -0.4 is 10.6 Å². The van der Waals surface area contributed by atoms with Gasteiger partial charge in [0.1, 0.15) is 23.5 Å². The van der Waals surface area contributed by atoms with Gasteiger partial charge in [-0.2, -0.15) is 0 Å². The summed E-state index contributed by atoms with van der Waals surface area (Å²) in [6, 6.07) is 1.65. The Morgan fingerprint density at radius 1 is 1.37 bits per heavy atom. The third-order valence-corrected chi connectivity index (χ3v) is 3.27. The molecule has 2 N–H and O–H groups in total. The molecule has 0 bridgehead atoms. The predicted molar refractivity (Wildman–Crippen MR) is 75.3 cm³/mol. The first-order valence-electron chi connectivity index (χ1n) is 6.59. The first-order chi connectivity index (χ1) is 9.01. The SMILES string of the molecule is CNc1cc(NC2CCN(C)C2=O)nc(C(C)C)n1. The quantitative estimate of drug-likeness (QED) is 0.856. The molecule has 0 spiro atoms. The average molecular weight is 263 g/mol. The van der Waals surface area contributed by atoms with E-state index in [4.69, 9.17) is 0 Å². The number of amides is 1. The van der Waals surface area contributed by atoms with Crippen LogP contribution in [0.4, 0.5) is 11.6 Å². The molecule has 1 unspecified atom stereocenters. The van der Waals surface area contributed by atoms with Gasteiger partial charge in [-0.05, 0) is 6.42 Å². The van der Waals surface area contributed by atoms with Crippen molar-refractivity contribution in [2.75, 3.05) is 31.3 Å². The number of likely N-dealkylation sites (N-methyl/N-ethyl adjacent to an activating group) is 1. The molecule has 2 rings (SSSR count). The topological polar surface area (TPSA) is 70.2 Å². The molecular weight excluding hydrogens is 242 g/mol. The Kier molecular flexibility index (Phi) is 3.87. The Bertz CT molecular complexity index is 474. The van der Waals surface area contributed by atoms with Gasteiger partial charge in [-0.1, -0.05) is 13.8 Å². The predicted octanol–water partition coefficient (Wildman–Crippen LogP) is 1.28. The summed E-state index contributed by atoms with van der Waals surface area (Å²) in [6.07, 6.45) is 0.811. The number of likely N-dealkylation sites (tertiary alicyclic amines) is 1. The summed E-state index contributed by atoms with van der Waals surface area (Å²) >= 11 is 0. The van der Waals surface area contributed by atoms with Crippen LogP contribution in [0, 0.1) is 0 Å². The van der Waals surface area contributed by atoms with Crippen LogP contribution in [-0.2, 0) is 4.79 Å². The number of hydrogen-bond donors (Lipinski definition) is 2. The molecule has 6 heteroatoms. The van der Waals surface area contributed by atoms with Crippen molar-refractivity contribution >= 4 is 17.5 Å². The van der Waals surface area contributed by atoms with Crippen LogP contribution in [0.15, 0.2) is 6.07 Å². The zero-order chi connectivity index (χ0) is 14.0. The van der Waals surface area contributed by atoms with Crippen molar-refractivity contribution in [3.63, 3.8) is 0 Å². The molecule has 0 aromatic carbocycles. The average Bonchev–Trinajstić information content (AvgIpc) is 2.70. The first-order valence-corrected chi connectivity index (χ1v) is 6.59. The molecule has 1 saturated heterocycles. The van der Waals surface area contributed by atoms with Crippen LogP contribution in [0.3, 0.4) is 0 Å². The maximum Gasteiger partial charge on any atom is 0.244 e. The van der Waals surface area contributed by atoms with E-state index in [-0.39, 0.29) is 17.9 Å². The van der Waals surface area contributed by atoms with Crippen molar-refractivity contribution in [1.29, 1.82) is 0 Å². The fraction of sp³-hybridized carbons (Fsp3) is 0.615. The number of nitrogens with zero attached hydrogens (tertiary/aromatic N) is 3. The van der Waals surface area contributed by atoms with Gasteiger partial charge in [-0.3, -0.25) is 4.79 Å². The van der Waals surface area contributed by atoms with E-state index in [1.54, 1.807) is 4.90 Å². The molecule has 1 atom stereocenters. The number of hydrogen-bond acceptors (Lipinski definition) is 5. The fourth-order valence-electron chi connectivity index (χ4n) is 2.06. The van der Waals surface area contributed by atoms with Crippen LogP contribution in [0.25, 0.3) is 0 Å². The third kappa shape index (κ3) is 2.94. The standard InChI is InChI=1S/C13H21N5O/c1-8(2)12-16-10(14-3)7-11(17-12)15-9-5-6-18(4)13(9)19/h7-9H,5-6H2,1-4H3,(H2,14,15,16,17).